The number of likely N-dealkylation sites (N-methyl/N-ethyl adjacent to an activating group) is 1. The lowest BCUT2D eigenvalue weighted by Gasteiger charge is -2.26. The van der Waals surface area contributed by atoms with Gasteiger partial charge in [0.15, 0.2) is 0 Å². The van der Waals surface area contributed by atoms with Crippen molar-refractivity contribution >= 4 is 22.5 Å². The van der Waals surface area contributed by atoms with E-state index in [0.717, 1.165) is 52.9 Å². The molecule has 0 radical (unpaired) electrons. The molecule has 4 rings (SSSR count). The molecule has 0 aliphatic carbocycles. The monoisotopic (exact) mass is 320 g/mol. The number of fused-ring (bicyclic) bond motifs is 2. The van der Waals surface area contributed by atoms with E-state index in [1.165, 1.54) is 0 Å². The quantitative estimate of drug-likeness (QED) is 0.763. The number of nitrogens with zero attached hydrogens (tertiary/aromatic N) is 2. The Kier molecular flexibility index (Phi) is 3.58. The fraction of sp³-hybridized carbons (Fsp3) is 0.263. The van der Waals surface area contributed by atoms with Crippen LogP contribution in [-0.2, 0) is 13.0 Å². The molecule has 122 valence electrons. The number of pyridine rings is 1. The molecule has 24 heavy (non-hydrogen) atoms. The molecule has 0 bridgehead atoms. The number of amides is 1. The van der Waals surface area contributed by atoms with Crippen LogP contribution in [0.25, 0.3) is 10.9 Å². The van der Waals surface area contributed by atoms with Crippen LogP contribution in [0.4, 0.5) is 5.69 Å². The minimum absolute atomic E-state index is 0.0875. The van der Waals surface area contributed by atoms with Crippen LogP contribution in [0.15, 0.2) is 36.7 Å². The van der Waals surface area contributed by atoms with Gasteiger partial charge in [-0.1, -0.05) is 0 Å². The van der Waals surface area contributed by atoms with E-state index in [4.69, 9.17) is 0 Å². The Labute approximate surface area is 140 Å². The van der Waals surface area contributed by atoms with Gasteiger partial charge < -0.3 is 15.2 Å². The van der Waals surface area contributed by atoms with Crippen LogP contribution in [0.1, 0.15) is 27.2 Å². The van der Waals surface area contributed by atoms with Gasteiger partial charge in [0, 0.05) is 47.8 Å². The molecule has 0 saturated carbocycles. The van der Waals surface area contributed by atoms with Gasteiger partial charge in [-0.2, -0.15) is 0 Å². The smallest absolute Gasteiger partial charge is 0.257 e. The number of aryl methyl sites for hydroxylation is 1. The average Bonchev–Trinajstić information content (AvgIpc) is 2.93. The molecule has 0 spiro atoms. The Morgan fingerprint density at radius 1 is 1.29 bits per heavy atom. The van der Waals surface area contributed by atoms with Crippen LogP contribution in [0.3, 0.4) is 0 Å². The van der Waals surface area contributed by atoms with Crippen LogP contribution in [-0.4, -0.2) is 34.4 Å². The van der Waals surface area contributed by atoms with Gasteiger partial charge in [-0.25, -0.2) is 0 Å². The van der Waals surface area contributed by atoms with Crippen molar-refractivity contribution in [1.29, 1.82) is 0 Å². The van der Waals surface area contributed by atoms with E-state index in [0.29, 0.717) is 5.56 Å². The first-order valence-corrected chi connectivity index (χ1v) is 8.15. The lowest BCUT2D eigenvalue weighted by Crippen LogP contribution is -2.29. The van der Waals surface area contributed by atoms with E-state index < -0.39 is 0 Å². The van der Waals surface area contributed by atoms with Gasteiger partial charge in [0.1, 0.15) is 0 Å². The SMILES string of the molecule is Cc1cc2cc(NC(=O)c3cncc4c3CCN(C)C4)ccc2[nH]1. The summed E-state index contributed by atoms with van der Waals surface area (Å²) in [5.41, 5.74) is 5.95. The minimum atomic E-state index is -0.0875. The Hall–Kier alpha value is -2.66. The van der Waals surface area contributed by atoms with Crippen molar-refractivity contribution < 1.29 is 4.79 Å². The van der Waals surface area contributed by atoms with Crippen molar-refractivity contribution in [2.45, 2.75) is 19.9 Å². The van der Waals surface area contributed by atoms with Crippen molar-refractivity contribution in [3.05, 3.63) is 59.0 Å². The number of carbonyl (C=O) groups is 1. The predicted octanol–water partition coefficient (Wildman–Crippen LogP) is 3.11. The molecule has 5 nitrogen and oxygen atoms in total. The first-order chi connectivity index (χ1) is 11.6. The molecule has 1 amide bonds. The molecular formula is C19H20N4O. The molecule has 3 aromatic rings. The van der Waals surface area contributed by atoms with Gasteiger partial charge in [0.2, 0.25) is 0 Å². The van der Waals surface area contributed by atoms with Gasteiger partial charge in [-0.15, -0.1) is 0 Å². The van der Waals surface area contributed by atoms with E-state index in [2.05, 4.69) is 33.3 Å². The number of rotatable bonds is 2. The van der Waals surface area contributed by atoms with Gasteiger partial charge >= 0.3 is 0 Å². The van der Waals surface area contributed by atoms with Crippen molar-refractivity contribution in [3.63, 3.8) is 0 Å². The van der Waals surface area contributed by atoms with Crippen LogP contribution >= 0.6 is 0 Å². The maximum atomic E-state index is 12.7. The molecule has 0 fully saturated rings. The first kappa shape index (κ1) is 14.9. The van der Waals surface area contributed by atoms with Crippen LogP contribution in [0.2, 0.25) is 0 Å². The zero-order valence-electron chi connectivity index (χ0n) is 13.9. The Morgan fingerprint density at radius 3 is 3.04 bits per heavy atom. The number of carbonyl (C=O) groups excluding carboxylic acids is 1. The van der Waals surface area contributed by atoms with Crippen molar-refractivity contribution in [2.24, 2.45) is 0 Å². The summed E-state index contributed by atoms with van der Waals surface area (Å²) in [5.74, 6) is -0.0875. The zero-order chi connectivity index (χ0) is 16.7. The summed E-state index contributed by atoms with van der Waals surface area (Å²) in [5, 5.41) is 4.11. The number of benzene rings is 1. The third-order valence-corrected chi connectivity index (χ3v) is 4.59. The van der Waals surface area contributed by atoms with Gasteiger partial charge in [-0.3, -0.25) is 9.78 Å². The van der Waals surface area contributed by atoms with Crippen LogP contribution in [0, 0.1) is 6.92 Å². The van der Waals surface area contributed by atoms with E-state index in [1.807, 2.05) is 31.3 Å². The highest BCUT2D eigenvalue weighted by atomic mass is 16.1. The molecule has 2 N–H and O–H groups in total. The summed E-state index contributed by atoms with van der Waals surface area (Å²) in [6, 6.07) is 7.98. The highest BCUT2D eigenvalue weighted by molar-refractivity contribution is 6.06. The normalized spacial score (nSPS) is 14.6. The fourth-order valence-corrected chi connectivity index (χ4v) is 3.38. The van der Waals surface area contributed by atoms with Gasteiger partial charge in [0.25, 0.3) is 5.91 Å². The predicted molar refractivity (Wildman–Crippen MR) is 95.3 cm³/mol. The second kappa shape index (κ2) is 5.76. The van der Waals surface area contributed by atoms with Crippen LogP contribution in [0.5, 0.6) is 0 Å². The maximum Gasteiger partial charge on any atom is 0.257 e. The number of aromatic amines is 1. The maximum absolute atomic E-state index is 12.7. The van der Waals surface area contributed by atoms with E-state index in [1.54, 1.807) is 6.20 Å². The topological polar surface area (TPSA) is 61.0 Å². The Bertz CT molecular complexity index is 928. The summed E-state index contributed by atoms with van der Waals surface area (Å²) in [6.07, 6.45) is 4.43. The highest BCUT2D eigenvalue weighted by Gasteiger charge is 2.20. The largest absolute Gasteiger partial charge is 0.359 e. The molecule has 1 aliphatic heterocycles. The first-order valence-electron chi connectivity index (χ1n) is 8.15. The average molecular weight is 320 g/mol. The number of anilines is 1. The molecule has 5 heteroatoms. The standard InChI is InChI=1S/C19H20N4O/c1-12-7-13-8-15(3-4-18(13)21-12)22-19(24)17-10-20-9-14-11-23(2)6-5-16(14)17/h3-4,7-10,21H,5-6,11H2,1-2H3,(H,22,24). The number of hydrogen-bond acceptors (Lipinski definition) is 3. The van der Waals surface area contributed by atoms with E-state index in [-0.39, 0.29) is 5.91 Å². The van der Waals surface area contributed by atoms with Gasteiger partial charge in [-0.05, 0) is 55.8 Å². The van der Waals surface area contributed by atoms with Gasteiger partial charge in [0.05, 0.1) is 5.56 Å². The molecule has 1 aromatic carbocycles. The summed E-state index contributed by atoms with van der Waals surface area (Å²) in [4.78, 5) is 22.5. The Morgan fingerprint density at radius 2 is 2.17 bits per heavy atom. The highest BCUT2D eigenvalue weighted by Crippen LogP contribution is 2.23. The third kappa shape index (κ3) is 2.67. The lowest BCUT2D eigenvalue weighted by atomic mass is 9.97. The number of H-pyrrole nitrogens is 1. The molecule has 3 heterocycles. The summed E-state index contributed by atoms with van der Waals surface area (Å²) in [6.45, 7) is 3.83. The summed E-state index contributed by atoms with van der Waals surface area (Å²) >= 11 is 0. The molecule has 0 saturated heterocycles. The third-order valence-electron chi connectivity index (χ3n) is 4.59. The molecule has 0 unspecified atom stereocenters. The molecule has 2 aromatic heterocycles. The number of hydrogen-bond donors (Lipinski definition) is 2. The second-order valence-electron chi connectivity index (χ2n) is 6.52. The number of nitrogens with one attached hydrogen (secondary N) is 2. The fourth-order valence-electron chi connectivity index (χ4n) is 3.38. The second-order valence-corrected chi connectivity index (χ2v) is 6.52. The van der Waals surface area contributed by atoms with Crippen molar-refractivity contribution in [1.82, 2.24) is 14.9 Å². The zero-order valence-corrected chi connectivity index (χ0v) is 13.9. The Balaban J connectivity index is 1.63. The van der Waals surface area contributed by atoms with E-state index >= 15 is 0 Å². The van der Waals surface area contributed by atoms with Crippen molar-refractivity contribution in [2.75, 3.05) is 18.9 Å². The lowest BCUT2D eigenvalue weighted by molar-refractivity contribution is 0.102. The number of aromatic nitrogens is 2. The molecule has 1 aliphatic rings. The van der Waals surface area contributed by atoms with E-state index in [9.17, 15) is 4.79 Å². The summed E-state index contributed by atoms with van der Waals surface area (Å²) < 4.78 is 0. The molecule has 0 atom stereocenters. The molecular weight excluding hydrogens is 300 g/mol. The minimum Gasteiger partial charge on any atom is -0.359 e. The van der Waals surface area contributed by atoms with Crippen molar-refractivity contribution in [3.8, 4) is 0 Å². The summed E-state index contributed by atoms with van der Waals surface area (Å²) in [7, 11) is 2.09. The van der Waals surface area contributed by atoms with Crippen LogP contribution < -0.4 is 5.32 Å².